The Hall–Kier alpha value is -2.08. The Kier molecular flexibility index (Phi) is 4.80. The molecule has 2 rings (SSSR count). The average Bonchev–Trinajstić information content (AvgIpc) is 2.46. The van der Waals surface area contributed by atoms with Gasteiger partial charge in [-0.15, -0.1) is 0 Å². The molecule has 6 heteroatoms. The first-order valence-electron chi connectivity index (χ1n) is 6.83. The summed E-state index contributed by atoms with van der Waals surface area (Å²) in [5.41, 5.74) is 0.875. The first-order chi connectivity index (χ1) is 10.1. The third kappa shape index (κ3) is 3.00. The molecule has 0 aromatic heterocycles. The second kappa shape index (κ2) is 6.58. The van der Waals surface area contributed by atoms with Gasteiger partial charge in [-0.25, -0.2) is 4.79 Å². The minimum atomic E-state index is -1.25. The number of methoxy groups -OCH3 is 1. The number of aliphatic hydroxyl groups excluding tert-OH is 1. The molecule has 0 aliphatic carbocycles. The molecule has 114 valence electrons. The number of hydrogen-bond donors (Lipinski definition) is 1. The van der Waals surface area contributed by atoms with Crippen LogP contribution in [-0.4, -0.2) is 37.4 Å². The maximum Gasteiger partial charge on any atom is 0.340 e. The number of rotatable bonds is 6. The number of benzene rings is 1. The molecule has 0 saturated carbocycles. The zero-order valence-electron chi connectivity index (χ0n) is 12.0. The predicted octanol–water partition coefficient (Wildman–Crippen LogP) is 1.72. The summed E-state index contributed by atoms with van der Waals surface area (Å²) in [6, 6.07) is 1.50. The monoisotopic (exact) mass is 294 g/mol. The second-order valence-corrected chi connectivity index (χ2v) is 4.73. The molecule has 1 aromatic carbocycles. The zero-order valence-corrected chi connectivity index (χ0v) is 12.0. The van der Waals surface area contributed by atoms with Crippen LogP contribution >= 0.6 is 0 Å². The summed E-state index contributed by atoms with van der Waals surface area (Å²) in [5, 5.41) is 9.52. The van der Waals surface area contributed by atoms with Crippen molar-refractivity contribution >= 4 is 12.3 Å². The summed E-state index contributed by atoms with van der Waals surface area (Å²) in [6.45, 7) is 2.49. The smallest absolute Gasteiger partial charge is 0.340 e. The van der Waals surface area contributed by atoms with Crippen LogP contribution in [0.25, 0.3) is 0 Å². The summed E-state index contributed by atoms with van der Waals surface area (Å²) in [5.74, 6) is -0.0586. The van der Waals surface area contributed by atoms with Crippen LogP contribution in [-0.2, 0) is 11.2 Å². The van der Waals surface area contributed by atoms with Gasteiger partial charge in [0.2, 0.25) is 6.29 Å². The zero-order chi connectivity index (χ0) is 15.4. The van der Waals surface area contributed by atoms with Gasteiger partial charge in [-0.3, -0.25) is 4.79 Å². The van der Waals surface area contributed by atoms with E-state index in [1.54, 1.807) is 0 Å². The van der Waals surface area contributed by atoms with Crippen LogP contribution in [0, 0.1) is 0 Å². The van der Waals surface area contributed by atoms with E-state index in [9.17, 15) is 14.7 Å². The van der Waals surface area contributed by atoms with Crippen LogP contribution in [0.4, 0.5) is 0 Å². The number of carbonyl (C=O) groups is 2. The molecule has 0 fully saturated rings. The molecule has 0 bridgehead atoms. The highest BCUT2D eigenvalue weighted by Crippen LogP contribution is 2.37. The molecule has 21 heavy (non-hydrogen) atoms. The number of ether oxygens (including phenoxy) is 3. The van der Waals surface area contributed by atoms with E-state index < -0.39 is 12.3 Å². The molecular weight excluding hydrogens is 276 g/mol. The highest BCUT2D eigenvalue weighted by molar-refractivity contribution is 5.97. The normalized spacial score (nSPS) is 16.9. The van der Waals surface area contributed by atoms with E-state index in [2.05, 4.69) is 0 Å². The number of unbranched alkanes of at least 4 members (excludes halogenated alkanes) is 1. The van der Waals surface area contributed by atoms with Crippen LogP contribution in [0.1, 0.15) is 46.0 Å². The highest BCUT2D eigenvalue weighted by Gasteiger charge is 2.31. The van der Waals surface area contributed by atoms with Gasteiger partial charge in [-0.05, 0) is 18.1 Å². The molecule has 0 radical (unpaired) electrons. The van der Waals surface area contributed by atoms with E-state index in [-0.39, 0.29) is 23.3 Å². The number of aliphatic hydroxyl groups is 1. The molecule has 1 aliphatic heterocycles. The minimum Gasteiger partial charge on any atom is -0.492 e. The Labute approximate surface area is 122 Å². The lowest BCUT2D eigenvalue weighted by molar-refractivity contribution is -0.0688. The lowest BCUT2D eigenvalue weighted by atomic mass is 9.95. The average molecular weight is 294 g/mol. The van der Waals surface area contributed by atoms with Crippen LogP contribution in [0.5, 0.6) is 11.5 Å². The number of esters is 1. The standard InChI is InChI=1S/C15H18O6/c1-3-4-5-20-12-6-10-9(7-13(17)21-15(10)18)11(8-16)14(12)19-2/h6,8,13,17H,3-5,7H2,1-2H3. The van der Waals surface area contributed by atoms with Crippen molar-refractivity contribution in [3.05, 3.63) is 22.8 Å². The van der Waals surface area contributed by atoms with Crippen molar-refractivity contribution in [2.75, 3.05) is 13.7 Å². The molecule has 1 heterocycles. The molecule has 0 spiro atoms. The van der Waals surface area contributed by atoms with Gasteiger partial charge in [0.05, 0.1) is 24.8 Å². The Balaban J connectivity index is 2.50. The van der Waals surface area contributed by atoms with Gasteiger partial charge >= 0.3 is 5.97 Å². The molecule has 6 nitrogen and oxygen atoms in total. The van der Waals surface area contributed by atoms with Crippen molar-refractivity contribution in [1.82, 2.24) is 0 Å². The number of cyclic esters (lactones) is 1. The lowest BCUT2D eigenvalue weighted by Crippen LogP contribution is -2.28. The third-order valence-electron chi connectivity index (χ3n) is 3.31. The largest absolute Gasteiger partial charge is 0.492 e. The third-order valence-corrected chi connectivity index (χ3v) is 3.31. The maximum atomic E-state index is 11.9. The van der Waals surface area contributed by atoms with Crippen molar-refractivity contribution in [3.8, 4) is 11.5 Å². The molecule has 1 N–H and O–H groups in total. The van der Waals surface area contributed by atoms with Crippen LogP contribution in [0.3, 0.4) is 0 Å². The van der Waals surface area contributed by atoms with Gasteiger partial charge in [0.1, 0.15) is 0 Å². The van der Waals surface area contributed by atoms with Gasteiger partial charge in [0.25, 0.3) is 0 Å². The Bertz CT molecular complexity index is 552. The first kappa shape index (κ1) is 15.3. The van der Waals surface area contributed by atoms with E-state index in [4.69, 9.17) is 14.2 Å². The Morgan fingerprint density at radius 3 is 2.90 bits per heavy atom. The summed E-state index contributed by atoms with van der Waals surface area (Å²) in [4.78, 5) is 23.2. The molecule has 0 amide bonds. The van der Waals surface area contributed by atoms with Gasteiger partial charge < -0.3 is 19.3 Å². The van der Waals surface area contributed by atoms with Crippen molar-refractivity contribution in [2.45, 2.75) is 32.5 Å². The fraction of sp³-hybridized carbons (Fsp3) is 0.467. The molecule has 1 unspecified atom stereocenters. The second-order valence-electron chi connectivity index (χ2n) is 4.73. The Morgan fingerprint density at radius 2 is 2.29 bits per heavy atom. The number of fused-ring (bicyclic) bond motifs is 1. The van der Waals surface area contributed by atoms with Gasteiger partial charge in [0.15, 0.2) is 17.8 Å². The summed E-state index contributed by atoms with van der Waals surface area (Å²) in [7, 11) is 1.43. The van der Waals surface area contributed by atoms with Crippen molar-refractivity contribution in [3.63, 3.8) is 0 Å². The van der Waals surface area contributed by atoms with Crippen molar-refractivity contribution < 1.29 is 28.9 Å². The van der Waals surface area contributed by atoms with Crippen molar-refractivity contribution in [2.24, 2.45) is 0 Å². The minimum absolute atomic E-state index is 0.0563. The van der Waals surface area contributed by atoms with Crippen molar-refractivity contribution in [1.29, 1.82) is 0 Å². The molecule has 1 aliphatic rings. The van der Waals surface area contributed by atoms with Gasteiger partial charge in [-0.2, -0.15) is 0 Å². The van der Waals surface area contributed by atoms with Crippen LogP contribution in [0.2, 0.25) is 0 Å². The number of carbonyl (C=O) groups excluding carboxylic acids is 2. The SMILES string of the molecule is CCCCOc1cc2c(c(C=O)c1OC)CC(O)OC2=O. The van der Waals surface area contributed by atoms with E-state index >= 15 is 0 Å². The Morgan fingerprint density at radius 1 is 1.52 bits per heavy atom. The van der Waals surface area contributed by atoms with E-state index in [1.807, 2.05) is 6.92 Å². The molecule has 1 atom stereocenters. The molecule has 0 saturated heterocycles. The van der Waals surface area contributed by atoms with E-state index in [0.29, 0.717) is 24.2 Å². The molecule has 1 aromatic rings. The van der Waals surface area contributed by atoms with Gasteiger partial charge in [0, 0.05) is 6.42 Å². The quantitative estimate of drug-likeness (QED) is 0.489. The number of aldehydes is 1. The first-order valence-corrected chi connectivity index (χ1v) is 6.83. The highest BCUT2D eigenvalue weighted by atomic mass is 16.6. The number of hydrogen-bond acceptors (Lipinski definition) is 6. The maximum absolute atomic E-state index is 11.9. The van der Waals surface area contributed by atoms with E-state index in [0.717, 1.165) is 12.8 Å². The lowest BCUT2D eigenvalue weighted by Gasteiger charge is -2.24. The topological polar surface area (TPSA) is 82.1 Å². The predicted molar refractivity (Wildman–Crippen MR) is 73.9 cm³/mol. The molecular formula is C15H18O6. The fourth-order valence-corrected chi connectivity index (χ4v) is 2.27. The van der Waals surface area contributed by atoms with Crippen LogP contribution in [0.15, 0.2) is 6.07 Å². The summed E-state index contributed by atoms with van der Waals surface area (Å²) < 4.78 is 15.6. The van der Waals surface area contributed by atoms with Gasteiger partial charge in [-0.1, -0.05) is 13.3 Å². The fourth-order valence-electron chi connectivity index (χ4n) is 2.27. The summed E-state index contributed by atoms with van der Waals surface area (Å²) >= 11 is 0. The van der Waals surface area contributed by atoms with E-state index in [1.165, 1.54) is 13.2 Å². The summed E-state index contributed by atoms with van der Waals surface area (Å²) in [6.07, 6.45) is 1.22. The van der Waals surface area contributed by atoms with Crippen LogP contribution < -0.4 is 9.47 Å².